The molecule has 2 N–H and O–H groups in total. The number of anilines is 1. The first-order chi connectivity index (χ1) is 9.06. The Labute approximate surface area is 120 Å². The van der Waals surface area contributed by atoms with Gasteiger partial charge < -0.3 is 5.73 Å². The van der Waals surface area contributed by atoms with E-state index < -0.39 is 0 Å². The van der Waals surface area contributed by atoms with E-state index in [4.69, 9.17) is 5.73 Å². The summed E-state index contributed by atoms with van der Waals surface area (Å²) in [5.41, 5.74) is 11.5. The van der Waals surface area contributed by atoms with Gasteiger partial charge in [-0.3, -0.25) is 4.57 Å². The van der Waals surface area contributed by atoms with Crippen molar-refractivity contribution in [3.63, 3.8) is 0 Å². The van der Waals surface area contributed by atoms with Crippen LogP contribution >= 0.6 is 15.9 Å². The van der Waals surface area contributed by atoms with Crippen LogP contribution in [-0.4, -0.2) is 9.55 Å². The fourth-order valence-electron chi connectivity index (χ4n) is 2.33. The first-order valence-electron chi connectivity index (χ1n) is 6.07. The summed E-state index contributed by atoms with van der Waals surface area (Å²) in [6, 6.07) is 12.3. The number of aryl methyl sites for hydroxylation is 2. The summed E-state index contributed by atoms with van der Waals surface area (Å²) in [4.78, 5) is 4.42. The number of rotatable bonds is 1. The first-order valence-corrected chi connectivity index (χ1v) is 6.86. The third-order valence-electron chi connectivity index (χ3n) is 3.24. The molecule has 96 valence electrons. The highest BCUT2D eigenvalue weighted by Gasteiger charge is 2.11. The molecule has 19 heavy (non-hydrogen) atoms. The van der Waals surface area contributed by atoms with Gasteiger partial charge in [-0.25, -0.2) is 4.98 Å². The number of imidazole rings is 1. The Kier molecular flexibility index (Phi) is 2.82. The van der Waals surface area contributed by atoms with Gasteiger partial charge in [0.15, 0.2) is 0 Å². The molecule has 0 atom stereocenters. The largest absolute Gasteiger partial charge is 0.369 e. The molecule has 4 heteroatoms. The summed E-state index contributed by atoms with van der Waals surface area (Å²) in [7, 11) is 0. The lowest BCUT2D eigenvalue weighted by atomic mass is 10.2. The molecule has 0 aliphatic heterocycles. The maximum atomic E-state index is 6.08. The second-order valence-electron chi connectivity index (χ2n) is 4.73. The van der Waals surface area contributed by atoms with Crippen LogP contribution < -0.4 is 5.73 Å². The van der Waals surface area contributed by atoms with Crippen molar-refractivity contribution >= 4 is 32.9 Å². The Morgan fingerprint density at radius 1 is 1.11 bits per heavy atom. The van der Waals surface area contributed by atoms with E-state index in [2.05, 4.69) is 53.0 Å². The van der Waals surface area contributed by atoms with Gasteiger partial charge in [-0.05, 0) is 55.3 Å². The quantitative estimate of drug-likeness (QED) is 0.738. The van der Waals surface area contributed by atoms with Gasteiger partial charge in [-0.1, -0.05) is 22.0 Å². The van der Waals surface area contributed by atoms with E-state index in [9.17, 15) is 0 Å². The van der Waals surface area contributed by atoms with Gasteiger partial charge in [0.1, 0.15) is 0 Å². The number of benzene rings is 2. The topological polar surface area (TPSA) is 43.8 Å². The van der Waals surface area contributed by atoms with Crippen LogP contribution in [0.4, 0.5) is 5.95 Å². The third-order valence-corrected chi connectivity index (χ3v) is 3.73. The first kappa shape index (κ1) is 12.2. The average molecular weight is 316 g/mol. The van der Waals surface area contributed by atoms with Crippen LogP contribution in [0.3, 0.4) is 0 Å². The van der Waals surface area contributed by atoms with Gasteiger partial charge >= 0.3 is 0 Å². The maximum Gasteiger partial charge on any atom is 0.205 e. The lowest BCUT2D eigenvalue weighted by Gasteiger charge is -2.10. The van der Waals surface area contributed by atoms with E-state index in [1.807, 2.05) is 22.8 Å². The number of fused-ring (bicyclic) bond motifs is 1. The Balaban J connectivity index is 2.35. The van der Waals surface area contributed by atoms with Crippen LogP contribution in [0.5, 0.6) is 0 Å². The summed E-state index contributed by atoms with van der Waals surface area (Å²) in [6.07, 6.45) is 0. The van der Waals surface area contributed by atoms with Crippen LogP contribution in [0.2, 0.25) is 0 Å². The summed E-state index contributed by atoms with van der Waals surface area (Å²) >= 11 is 3.48. The Morgan fingerprint density at radius 2 is 1.89 bits per heavy atom. The van der Waals surface area contributed by atoms with E-state index in [0.29, 0.717) is 5.95 Å². The zero-order valence-corrected chi connectivity index (χ0v) is 12.4. The van der Waals surface area contributed by atoms with Crippen molar-refractivity contribution in [1.82, 2.24) is 9.55 Å². The fourth-order valence-corrected chi connectivity index (χ4v) is 2.80. The summed E-state index contributed by atoms with van der Waals surface area (Å²) in [6.45, 7) is 4.14. The zero-order chi connectivity index (χ0) is 13.6. The van der Waals surface area contributed by atoms with E-state index in [1.165, 1.54) is 5.56 Å². The highest BCUT2D eigenvalue weighted by atomic mass is 79.9. The maximum absolute atomic E-state index is 6.08. The van der Waals surface area contributed by atoms with Gasteiger partial charge in [0.25, 0.3) is 0 Å². The van der Waals surface area contributed by atoms with Crippen molar-refractivity contribution in [3.8, 4) is 5.69 Å². The van der Waals surface area contributed by atoms with E-state index in [-0.39, 0.29) is 0 Å². The highest BCUT2D eigenvalue weighted by molar-refractivity contribution is 9.10. The van der Waals surface area contributed by atoms with Crippen molar-refractivity contribution in [3.05, 3.63) is 52.0 Å². The molecule has 0 aliphatic carbocycles. The van der Waals surface area contributed by atoms with Crippen LogP contribution in [0, 0.1) is 13.8 Å². The lowest BCUT2D eigenvalue weighted by Crippen LogP contribution is -2.02. The molecule has 0 saturated carbocycles. The minimum absolute atomic E-state index is 0.519. The second-order valence-corrected chi connectivity index (χ2v) is 5.64. The molecule has 2 aromatic carbocycles. The van der Waals surface area contributed by atoms with Gasteiger partial charge in [0, 0.05) is 4.47 Å². The van der Waals surface area contributed by atoms with Crippen LogP contribution in [0.15, 0.2) is 40.9 Å². The standard InChI is InChI=1S/C15H14BrN3/c1-9-3-5-12-14(7-9)19(15(17)18-12)13-6-4-11(16)8-10(13)2/h3-8H,1-2H3,(H2,17,18). The molecule has 1 aromatic heterocycles. The Bertz CT molecular complexity index is 774. The molecule has 3 aromatic rings. The Morgan fingerprint density at radius 3 is 2.63 bits per heavy atom. The predicted octanol–water partition coefficient (Wildman–Crippen LogP) is 3.99. The van der Waals surface area contributed by atoms with Crippen molar-refractivity contribution in [1.29, 1.82) is 0 Å². The SMILES string of the molecule is Cc1ccc2nc(N)n(-c3ccc(Br)cc3C)c2c1. The molecular formula is C15H14BrN3. The molecule has 0 radical (unpaired) electrons. The van der Waals surface area contributed by atoms with Gasteiger partial charge in [-0.2, -0.15) is 0 Å². The van der Waals surface area contributed by atoms with Crippen molar-refractivity contribution in [2.24, 2.45) is 0 Å². The molecule has 3 rings (SSSR count). The molecule has 0 aliphatic rings. The number of nitrogens with zero attached hydrogens (tertiary/aromatic N) is 2. The minimum Gasteiger partial charge on any atom is -0.369 e. The zero-order valence-electron chi connectivity index (χ0n) is 10.8. The molecule has 0 unspecified atom stereocenters. The molecule has 3 nitrogen and oxygen atoms in total. The second kappa shape index (κ2) is 4.38. The molecule has 0 amide bonds. The van der Waals surface area contributed by atoms with Crippen molar-refractivity contribution in [2.45, 2.75) is 13.8 Å². The normalized spacial score (nSPS) is 11.1. The average Bonchev–Trinajstić information content (AvgIpc) is 2.65. The number of nitrogens with two attached hydrogens (primary N) is 1. The fraction of sp³-hybridized carbons (Fsp3) is 0.133. The van der Waals surface area contributed by atoms with Crippen molar-refractivity contribution in [2.75, 3.05) is 5.73 Å². The number of hydrogen-bond acceptors (Lipinski definition) is 2. The van der Waals surface area contributed by atoms with Crippen LogP contribution in [0.1, 0.15) is 11.1 Å². The minimum atomic E-state index is 0.519. The molecule has 0 saturated heterocycles. The summed E-state index contributed by atoms with van der Waals surface area (Å²) in [5.74, 6) is 0.519. The van der Waals surface area contributed by atoms with Crippen LogP contribution in [0.25, 0.3) is 16.7 Å². The third kappa shape index (κ3) is 2.02. The molecule has 0 spiro atoms. The molecular weight excluding hydrogens is 302 g/mol. The van der Waals surface area contributed by atoms with E-state index in [1.54, 1.807) is 0 Å². The number of nitrogen functional groups attached to an aromatic ring is 1. The lowest BCUT2D eigenvalue weighted by molar-refractivity contribution is 1.09. The molecule has 0 fully saturated rings. The highest BCUT2D eigenvalue weighted by Crippen LogP contribution is 2.27. The van der Waals surface area contributed by atoms with E-state index in [0.717, 1.165) is 26.8 Å². The Hall–Kier alpha value is -1.81. The predicted molar refractivity (Wildman–Crippen MR) is 82.7 cm³/mol. The summed E-state index contributed by atoms with van der Waals surface area (Å²) in [5, 5.41) is 0. The number of halogens is 1. The molecule has 0 bridgehead atoms. The molecule has 1 heterocycles. The van der Waals surface area contributed by atoms with Gasteiger partial charge in [0.05, 0.1) is 16.7 Å². The van der Waals surface area contributed by atoms with Gasteiger partial charge in [-0.15, -0.1) is 0 Å². The summed E-state index contributed by atoms with van der Waals surface area (Å²) < 4.78 is 3.07. The smallest absolute Gasteiger partial charge is 0.205 e. The number of hydrogen-bond donors (Lipinski definition) is 1. The monoisotopic (exact) mass is 315 g/mol. The van der Waals surface area contributed by atoms with Crippen LogP contribution in [-0.2, 0) is 0 Å². The van der Waals surface area contributed by atoms with Crippen molar-refractivity contribution < 1.29 is 0 Å². The van der Waals surface area contributed by atoms with E-state index >= 15 is 0 Å². The number of aromatic nitrogens is 2. The van der Waals surface area contributed by atoms with Gasteiger partial charge in [0.2, 0.25) is 5.95 Å².